The van der Waals surface area contributed by atoms with Crippen molar-refractivity contribution >= 4 is 40.0 Å². The number of fused-ring (bicyclic) bond motifs is 1. The number of benzene rings is 1. The van der Waals surface area contributed by atoms with Gasteiger partial charge in [-0.3, -0.25) is 9.59 Å². The number of nitrogens with zero attached hydrogens (tertiary/aromatic N) is 2. The number of likely N-dealkylation sites (tertiary alicyclic amines) is 1. The van der Waals surface area contributed by atoms with Gasteiger partial charge in [0.15, 0.2) is 0 Å². The van der Waals surface area contributed by atoms with Gasteiger partial charge in [-0.25, -0.2) is 4.98 Å². The molecule has 2 amide bonds. The largest absolute Gasteiger partial charge is 0.433 e. The second-order valence-corrected chi connectivity index (χ2v) is 9.47. The van der Waals surface area contributed by atoms with Crippen LogP contribution in [0.5, 0.6) is 0 Å². The molecule has 2 heterocycles. The highest BCUT2D eigenvalue weighted by Crippen LogP contribution is 2.35. The van der Waals surface area contributed by atoms with Gasteiger partial charge in [0.2, 0.25) is 11.8 Å². The Balaban J connectivity index is 1.41. The molecule has 1 atom stereocenters. The summed E-state index contributed by atoms with van der Waals surface area (Å²) >= 11 is 6.08. The van der Waals surface area contributed by atoms with Crippen LogP contribution in [0.15, 0.2) is 24.3 Å². The Morgan fingerprint density at radius 2 is 1.91 bits per heavy atom. The minimum absolute atomic E-state index is 0.0216. The monoisotopic (exact) mass is 496 g/mol. The lowest BCUT2D eigenvalue weighted by Gasteiger charge is -2.33. The van der Waals surface area contributed by atoms with Crippen LogP contribution in [0.1, 0.15) is 57.6 Å². The third-order valence-corrected chi connectivity index (χ3v) is 6.91. The van der Waals surface area contributed by atoms with Gasteiger partial charge in [-0.1, -0.05) is 18.5 Å². The van der Waals surface area contributed by atoms with Crippen molar-refractivity contribution in [3.63, 3.8) is 0 Å². The third kappa shape index (κ3) is 5.40. The molecule has 2 aromatic rings. The molecule has 1 aliphatic heterocycles. The molecule has 1 unspecified atom stereocenters. The summed E-state index contributed by atoms with van der Waals surface area (Å²) in [6.07, 6.45) is 0.0574. The molecule has 2 aliphatic rings. The molecule has 6 nitrogen and oxygen atoms in total. The average Bonchev–Trinajstić information content (AvgIpc) is 3.20. The first-order valence-electron chi connectivity index (χ1n) is 11.7. The number of halogens is 4. The zero-order valence-corrected chi connectivity index (χ0v) is 19.7. The van der Waals surface area contributed by atoms with Gasteiger partial charge in [0.1, 0.15) is 11.7 Å². The molecule has 0 bridgehead atoms. The number of hydrogen-bond donors (Lipinski definition) is 2. The van der Waals surface area contributed by atoms with E-state index < -0.39 is 17.9 Å². The molecule has 2 N–H and O–H groups in total. The summed E-state index contributed by atoms with van der Waals surface area (Å²) in [6.45, 7) is 2.52. The number of hydrogen-bond acceptors (Lipinski definition) is 4. The van der Waals surface area contributed by atoms with E-state index in [2.05, 4.69) is 15.6 Å². The van der Waals surface area contributed by atoms with Crippen molar-refractivity contribution in [2.75, 3.05) is 11.9 Å². The summed E-state index contributed by atoms with van der Waals surface area (Å²) in [5.41, 5.74) is -0.372. The van der Waals surface area contributed by atoms with Crippen LogP contribution < -0.4 is 10.6 Å². The smallest absolute Gasteiger partial charge is 0.382 e. The predicted octanol–water partition coefficient (Wildman–Crippen LogP) is 5.15. The van der Waals surface area contributed by atoms with E-state index in [0.717, 1.165) is 12.5 Å². The lowest BCUT2D eigenvalue weighted by molar-refractivity contribution is -0.141. The Kier molecular flexibility index (Phi) is 7.21. The van der Waals surface area contributed by atoms with Gasteiger partial charge in [0.05, 0.1) is 5.52 Å². The number of alkyl halides is 3. The topological polar surface area (TPSA) is 74.3 Å². The van der Waals surface area contributed by atoms with Gasteiger partial charge in [0.25, 0.3) is 0 Å². The summed E-state index contributed by atoms with van der Waals surface area (Å²) in [5.74, 6) is -0.100. The summed E-state index contributed by atoms with van der Waals surface area (Å²) < 4.78 is 40.1. The number of amides is 2. The highest BCUT2D eigenvalue weighted by Gasteiger charge is 2.35. The van der Waals surface area contributed by atoms with E-state index in [9.17, 15) is 22.8 Å². The highest BCUT2D eigenvalue weighted by molar-refractivity contribution is 6.31. The van der Waals surface area contributed by atoms with Gasteiger partial charge >= 0.3 is 6.18 Å². The molecule has 1 aromatic carbocycles. The molecule has 2 fully saturated rings. The van der Waals surface area contributed by atoms with Crippen molar-refractivity contribution in [3.8, 4) is 0 Å². The minimum Gasteiger partial charge on any atom is -0.382 e. The number of aromatic nitrogens is 1. The van der Waals surface area contributed by atoms with E-state index >= 15 is 0 Å². The van der Waals surface area contributed by atoms with Crippen LogP contribution in [-0.4, -0.2) is 46.4 Å². The first kappa shape index (κ1) is 24.6. The summed E-state index contributed by atoms with van der Waals surface area (Å²) in [7, 11) is 0. The van der Waals surface area contributed by atoms with E-state index in [0.29, 0.717) is 61.2 Å². The van der Waals surface area contributed by atoms with E-state index in [4.69, 9.17) is 11.6 Å². The lowest BCUT2D eigenvalue weighted by atomic mass is 9.90. The molecule has 0 spiro atoms. The van der Waals surface area contributed by atoms with Gasteiger partial charge in [-0.15, -0.1) is 0 Å². The van der Waals surface area contributed by atoms with Gasteiger partial charge in [0, 0.05) is 41.1 Å². The summed E-state index contributed by atoms with van der Waals surface area (Å²) in [4.78, 5) is 30.3. The maximum atomic E-state index is 13.4. The molecule has 10 heteroatoms. The van der Waals surface area contributed by atoms with Crippen LogP contribution in [0.4, 0.5) is 18.9 Å². The Labute approximate surface area is 201 Å². The van der Waals surface area contributed by atoms with Crippen molar-refractivity contribution in [3.05, 3.63) is 35.0 Å². The number of carbonyl (C=O) groups is 2. The molecule has 1 aromatic heterocycles. The summed E-state index contributed by atoms with van der Waals surface area (Å²) in [5, 5.41) is 7.30. The molecule has 1 aliphatic carbocycles. The second kappa shape index (κ2) is 9.98. The molecular weight excluding hydrogens is 469 g/mol. The molecule has 1 saturated heterocycles. The number of nitrogens with one attached hydrogen (secondary N) is 2. The van der Waals surface area contributed by atoms with Crippen LogP contribution in [0.25, 0.3) is 10.9 Å². The molecule has 184 valence electrons. The van der Waals surface area contributed by atoms with Gasteiger partial charge in [-0.2, -0.15) is 13.2 Å². The van der Waals surface area contributed by atoms with Crippen molar-refractivity contribution in [1.82, 2.24) is 15.2 Å². The fourth-order valence-corrected chi connectivity index (χ4v) is 5.08. The van der Waals surface area contributed by atoms with E-state index in [1.807, 2.05) is 6.92 Å². The van der Waals surface area contributed by atoms with Crippen LogP contribution >= 0.6 is 11.6 Å². The standard InChI is InChI=1S/C24H28ClF3N4O2/c1-2-20(32-11-3-4-22(32)33)23(34)30-16-8-6-15(7-9-16)29-19-13-21(24(26,27)28)31-18-10-5-14(25)12-17(18)19/h5,10,12-13,15-16,20H,2-4,6-9,11H2,1H3,(H,29,31)(H,30,34). The second-order valence-electron chi connectivity index (χ2n) is 9.03. The Morgan fingerprint density at radius 3 is 2.53 bits per heavy atom. The van der Waals surface area contributed by atoms with Crippen LogP contribution in [0.2, 0.25) is 5.02 Å². The number of rotatable bonds is 6. The zero-order chi connectivity index (χ0) is 24.5. The third-order valence-electron chi connectivity index (χ3n) is 6.67. The van der Waals surface area contributed by atoms with Gasteiger partial charge in [-0.05, 0) is 62.8 Å². The Morgan fingerprint density at radius 1 is 1.21 bits per heavy atom. The normalized spacial score (nSPS) is 22.1. The fourth-order valence-electron chi connectivity index (χ4n) is 4.91. The van der Waals surface area contributed by atoms with E-state index in [1.165, 1.54) is 12.1 Å². The quantitative estimate of drug-likeness (QED) is 0.580. The van der Waals surface area contributed by atoms with Crippen molar-refractivity contribution < 1.29 is 22.8 Å². The van der Waals surface area contributed by atoms with Crippen molar-refractivity contribution in [1.29, 1.82) is 0 Å². The lowest BCUT2D eigenvalue weighted by Crippen LogP contribution is -2.51. The first-order valence-corrected chi connectivity index (χ1v) is 12.1. The van der Waals surface area contributed by atoms with Crippen LogP contribution in [0.3, 0.4) is 0 Å². The van der Waals surface area contributed by atoms with Crippen molar-refractivity contribution in [2.45, 2.75) is 76.2 Å². The number of anilines is 1. The van der Waals surface area contributed by atoms with Crippen LogP contribution in [0, 0.1) is 0 Å². The maximum Gasteiger partial charge on any atom is 0.433 e. The molecular formula is C24H28ClF3N4O2. The highest BCUT2D eigenvalue weighted by atomic mass is 35.5. The SMILES string of the molecule is CCC(C(=O)NC1CCC(Nc2cc(C(F)(F)F)nc3ccc(Cl)cc23)CC1)N1CCCC1=O. The fraction of sp³-hybridized carbons (Fsp3) is 0.542. The maximum absolute atomic E-state index is 13.4. The molecule has 4 rings (SSSR count). The molecule has 1 saturated carbocycles. The first-order chi connectivity index (χ1) is 16.2. The zero-order valence-electron chi connectivity index (χ0n) is 18.9. The van der Waals surface area contributed by atoms with Crippen LogP contribution in [-0.2, 0) is 15.8 Å². The number of pyridine rings is 1. The van der Waals surface area contributed by atoms with Gasteiger partial charge < -0.3 is 15.5 Å². The van der Waals surface area contributed by atoms with E-state index in [1.54, 1.807) is 11.0 Å². The molecule has 0 radical (unpaired) electrons. The average molecular weight is 497 g/mol. The van der Waals surface area contributed by atoms with Crippen molar-refractivity contribution in [2.24, 2.45) is 0 Å². The Bertz CT molecular complexity index is 1070. The minimum atomic E-state index is -4.56. The predicted molar refractivity (Wildman–Crippen MR) is 125 cm³/mol. The summed E-state index contributed by atoms with van der Waals surface area (Å²) in [6, 6.07) is 5.15. The Hall–Kier alpha value is -2.55. The number of carbonyl (C=O) groups excluding carboxylic acids is 2. The van der Waals surface area contributed by atoms with E-state index in [-0.39, 0.29) is 29.4 Å². The molecule has 34 heavy (non-hydrogen) atoms.